The first kappa shape index (κ1) is 19.7. The smallest absolute Gasteiger partial charge is 0.262 e. The van der Waals surface area contributed by atoms with Crippen molar-refractivity contribution in [1.82, 2.24) is 0 Å². The summed E-state index contributed by atoms with van der Waals surface area (Å²) in [5.74, 6) is 0. The second-order valence-electron chi connectivity index (χ2n) is 7.65. The summed E-state index contributed by atoms with van der Waals surface area (Å²) in [6, 6.07) is 9.31. The molecule has 0 aromatic heterocycles. The Balaban J connectivity index is 2.19. The van der Waals surface area contributed by atoms with Gasteiger partial charge in [0.2, 0.25) is 0 Å². The minimum Gasteiger partial charge on any atom is -0.379 e. The van der Waals surface area contributed by atoms with Gasteiger partial charge in [0.15, 0.2) is 0 Å². The van der Waals surface area contributed by atoms with Crippen LogP contribution in [0.3, 0.4) is 0 Å². The number of nitrogens with zero attached hydrogens (tertiary/aromatic N) is 1. The van der Waals surface area contributed by atoms with Gasteiger partial charge in [0.05, 0.1) is 20.6 Å². The zero-order chi connectivity index (χ0) is 17.7. The number of hydrogen-bond donors (Lipinski definition) is 1. The fraction of sp³-hybridized carbons (Fsp3) is 0.684. The van der Waals surface area contributed by atoms with E-state index in [0.29, 0.717) is 24.8 Å². The Hall–Kier alpha value is -0.670. The maximum atomic E-state index is 13.9. The van der Waals surface area contributed by atoms with Crippen LogP contribution >= 0.6 is 7.37 Å². The van der Waals surface area contributed by atoms with Crippen molar-refractivity contribution < 1.29 is 18.7 Å². The summed E-state index contributed by atoms with van der Waals surface area (Å²) in [7, 11) is 1.01. The molecule has 1 saturated carbocycles. The van der Waals surface area contributed by atoms with Crippen molar-refractivity contribution >= 4 is 12.7 Å². The van der Waals surface area contributed by atoms with Crippen LogP contribution in [0.15, 0.2) is 30.3 Å². The molecule has 136 valence electrons. The molecule has 4 nitrogen and oxygen atoms in total. The first-order valence-corrected chi connectivity index (χ1v) is 10.8. The Morgan fingerprint density at radius 3 is 2.33 bits per heavy atom. The summed E-state index contributed by atoms with van der Waals surface area (Å²) < 4.78 is 20.7. The van der Waals surface area contributed by atoms with E-state index in [0.717, 1.165) is 43.3 Å². The van der Waals surface area contributed by atoms with Crippen LogP contribution in [-0.2, 0) is 9.09 Å². The lowest BCUT2D eigenvalue weighted by atomic mass is 9.97. The van der Waals surface area contributed by atoms with Crippen molar-refractivity contribution in [2.24, 2.45) is 0 Å². The molecule has 1 atom stereocenters. The third-order valence-electron chi connectivity index (χ3n) is 5.10. The minimum atomic E-state index is -3.32. The molecule has 0 aliphatic heterocycles. The Morgan fingerprint density at radius 2 is 1.75 bits per heavy atom. The Bertz CT molecular complexity index is 553. The summed E-state index contributed by atoms with van der Waals surface area (Å²) >= 11 is 0. The predicted octanol–water partition coefficient (Wildman–Crippen LogP) is 3.75. The van der Waals surface area contributed by atoms with Crippen molar-refractivity contribution in [3.05, 3.63) is 30.3 Å². The molecule has 1 aromatic rings. The molecule has 1 aliphatic rings. The lowest BCUT2D eigenvalue weighted by molar-refractivity contribution is -0.890. The Labute approximate surface area is 146 Å². The SMILES string of the molecule is CCC[N+](C)(C)CCO[P@@](=O)(c1ccccc1)C1(O)CCCCC1. The fourth-order valence-electron chi connectivity index (χ4n) is 3.61. The molecular weight excluding hydrogens is 321 g/mol. The molecule has 0 spiro atoms. The van der Waals surface area contributed by atoms with Gasteiger partial charge < -0.3 is 14.1 Å². The van der Waals surface area contributed by atoms with E-state index in [1.807, 2.05) is 30.3 Å². The van der Waals surface area contributed by atoms with Crippen molar-refractivity contribution in [3.63, 3.8) is 0 Å². The zero-order valence-corrected chi connectivity index (χ0v) is 16.3. The van der Waals surface area contributed by atoms with Gasteiger partial charge in [0.1, 0.15) is 18.5 Å². The van der Waals surface area contributed by atoms with Crippen LogP contribution < -0.4 is 5.30 Å². The van der Waals surface area contributed by atoms with Crippen LogP contribution in [0.2, 0.25) is 0 Å². The van der Waals surface area contributed by atoms with Crippen LogP contribution in [0.25, 0.3) is 0 Å². The second-order valence-corrected chi connectivity index (χ2v) is 10.4. The Morgan fingerprint density at radius 1 is 1.12 bits per heavy atom. The van der Waals surface area contributed by atoms with Crippen LogP contribution in [0.4, 0.5) is 0 Å². The predicted molar refractivity (Wildman–Crippen MR) is 99.8 cm³/mol. The molecule has 1 aromatic carbocycles. The van der Waals surface area contributed by atoms with E-state index in [1.54, 1.807) is 0 Å². The molecule has 2 rings (SSSR count). The third kappa shape index (κ3) is 4.49. The molecule has 0 radical (unpaired) electrons. The van der Waals surface area contributed by atoms with E-state index in [-0.39, 0.29) is 0 Å². The van der Waals surface area contributed by atoms with Gasteiger partial charge >= 0.3 is 0 Å². The lowest BCUT2D eigenvalue weighted by Gasteiger charge is -2.39. The normalized spacial score (nSPS) is 20.5. The molecule has 5 heteroatoms. The third-order valence-corrected chi connectivity index (χ3v) is 8.16. The zero-order valence-electron chi connectivity index (χ0n) is 15.4. The van der Waals surface area contributed by atoms with Crippen LogP contribution in [0.5, 0.6) is 0 Å². The number of likely N-dealkylation sites (N-methyl/N-ethyl adjacent to an activating group) is 1. The van der Waals surface area contributed by atoms with Crippen molar-refractivity contribution in [3.8, 4) is 0 Å². The number of quaternary nitrogens is 1. The number of rotatable bonds is 8. The molecule has 0 amide bonds. The van der Waals surface area contributed by atoms with E-state index in [4.69, 9.17) is 4.52 Å². The minimum absolute atomic E-state index is 0.404. The average Bonchev–Trinajstić information content (AvgIpc) is 2.56. The summed E-state index contributed by atoms with van der Waals surface area (Å²) in [5.41, 5.74) is 0. The standard InChI is InChI=1S/C19H33NO3P/c1-4-15-20(2,3)16-17-23-24(22,18-11-7-5-8-12-18)19(21)13-9-6-10-14-19/h5,7-8,11-12,21H,4,6,9-10,13-17H2,1-3H3/q+1/t24-/m0/s1. The highest BCUT2D eigenvalue weighted by atomic mass is 31.2. The lowest BCUT2D eigenvalue weighted by Crippen LogP contribution is -2.43. The fourth-order valence-corrected chi connectivity index (χ4v) is 6.28. The van der Waals surface area contributed by atoms with Gasteiger partial charge in [-0.25, -0.2) is 0 Å². The van der Waals surface area contributed by atoms with E-state index in [9.17, 15) is 9.67 Å². The first-order valence-electron chi connectivity index (χ1n) is 9.18. The van der Waals surface area contributed by atoms with Gasteiger partial charge in [-0.2, -0.15) is 0 Å². The highest BCUT2D eigenvalue weighted by Gasteiger charge is 2.49. The van der Waals surface area contributed by atoms with E-state index in [1.165, 1.54) is 0 Å². The molecule has 24 heavy (non-hydrogen) atoms. The van der Waals surface area contributed by atoms with Gasteiger partial charge in [-0.1, -0.05) is 31.5 Å². The van der Waals surface area contributed by atoms with Gasteiger partial charge in [-0.15, -0.1) is 0 Å². The first-order chi connectivity index (χ1) is 11.3. The maximum absolute atomic E-state index is 13.9. The van der Waals surface area contributed by atoms with E-state index < -0.39 is 12.7 Å². The van der Waals surface area contributed by atoms with Crippen LogP contribution in [0, 0.1) is 0 Å². The van der Waals surface area contributed by atoms with Gasteiger partial charge in [-0.05, 0) is 44.2 Å². The summed E-state index contributed by atoms with van der Waals surface area (Å²) in [6.45, 7) is 4.42. The molecule has 1 aliphatic carbocycles. The molecule has 1 fully saturated rings. The highest BCUT2D eigenvalue weighted by molar-refractivity contribution is 7.68. The maximum Gasteiger partial charge on any atom is 0.262 e. The van der Waals surface area contributed by atoms with Gasteiger partial charge in [0, 0.05) is 5.30 Å². The molecular formula is C19H33NO3P+. The van der Waals surface area contributed by atoms with Gasteiger partial charge in [0.25, 0.3) is 7.37 Å². The molecule has 0 saturated heterocycles. The topological polar surface area (TPSA) is 46.5 Å². The number of aliphatic hydroxyl groups is 1. The molecule has 0 heterocycles. The van der Waals surface area contributed by atoms with Crippen LogP contribution in [0.1, 0.15) is 45.4 Å². The second kappa shape index (κ2) is 8.14. The monoisotopic (exact) mass is 354 g/mol. The molecule has 0 bridgehead atoms. The highest BCUT2D eigenvalue weighted by Crippen LogP contribution is 2.61. The van der Waals surface area contributed by atoms with E-state index >= 15 is 0 Å². The number of hydrogen-bond acceptors (Lipinski definition) is 3. The number of benzene rings is 1. The van der Waals surface area contributed by atoms with Crippen molar-refractivity contribution in [2.75, 3.05) is 33.8 Å². The van der Waals surface area contributed by atoms with E-state index in [2.05, 4.69) is 21.0 Å². The van der Waals surface area contributed by atoms with Gasteiger partial charge in [-0.3, -0.25) is 4.57 Å². The summed E-state index contributed by atoms with van der Waals surface area (Å²) in [4.78, 5) is 0. The van der Waals surface area contributed by atoms with Crippen molar-refractivity contribution in [2.45, 2.75) is 50.8 Å². The molecule has 1 N–H and O–H groups in total. The van der Waals surface area contributed by atoms with Crippen molar-refractivity contribution in [1.29, 1.82) is 0 Å². The summed E-state index contributed by atoms with van der Waals surface area (Å²) in [6.07, 6.45) is 5.14. The Kier molecular flexibility index (Phi) is 6.66. The van der Waals surface area contributed by atoms with Crippen LogP contribution in [-0.4, -0.2) is 48.7 Å². The average molecular weight is 354 g/mol. The quantitative estimate of drug-likeness (QED) is 0.571. The largest absolute Gasteiger partial charge is 0.379 e. The summed E-state index contributed by atoms with van der Waals surface area (Å²) in [5, 5.41) is 10.6. The molecule has 0 unspecified atom stereocenters.